The van der Waals surface area contributed by atoms with E-state index >= 15 is 0 Å². The van der Waals surface area contributed by atoms with Crippen LogP contribution in [0.4, 0.5) is 0 Å². The quantitative estimate of drug-likeness (QED) is 0.388. The fourth-order valence-corrected chi connectivity index (χ4v) is 5.07. The molecule has 176 valence electrons. The molecule has 0 aliphatic carbocycles. The van der Waals surface area contributed by atoms with Gasteiger partial charge in [-0.3, -0.25) is 4.79 Å². The molecular weight excluding hydrogens is 479 g/mol. The van der Waals surface area contributed by atoms with Gasteiger partial charge in [0.15, 0.2) is 0 Å². The van der Waals surface area contributed by atoms with Gasteiger partial charge in [-0.2, -0.15) is 0 Å². The summed E-state index contributed by atoms with van der Waals surface area (Å²) in [7, 11) is 0. The molecule has 33 heavy (non-hydrogen) atoms. The van der Waals surface area contributed by atoms with E-state index in [9.17, 15) is 4.79 Å². The van der Waals surface area contributed by atoms with Crippen molar-refractivity contribution in [2.75, 3.05) is 32.7 Å². The number of halogens is 3. The highest BCUT2D eigenvalue weighted by Crippen LogP contribution is 2.33. The van der Waals surface area contributed by atoms with Gasteiger partial charge >= 0.3 is 0 Å². The van der Waals surface area contributed by atoms with E-state index in [1.54, 1.807) is 6.07 Å². The second-order valence-electron chi connectivity index (χ2n) is 8.49. The van der Waals surface area contributed by atoms with Gasteiger partial charge in [0.05, 0.1) is 21.1 Å². The first kappa shape index (κ1) is 24.3. The highest BCUT2D eigenvalue weighted by molar-refractivity contribution is 6.42. The van der Waals surface area contributed by atoms with Gasteiger partial charge in [-0.05, 0) is 36.7 Å². The molecule has 2 aromatic carbocycles. The molecular formula is C25H29Cl3N4O. The second-order valence-corrected chi connectivity index (χ2v) is 9.71. The molecule has 5 nitrogen and oxygen atoms in total. The third-order valence-corrected chi connectivity index (χ3v) is 7.49. The second kappa shape index (κ2) is 10.6. The van der Waals surface area contributed by atoms with E-state index in [1.807, 2.05) is 35.2 Å². The third kappa shape index (κ3) is 5.17. The molecule has 1 atom stereocenters. The number of likely N-dealkylation sites (N-methyl/N-ethyl adjacent to an activating group) is 1. The number of imidazole rings is 1. The van der Waals surface area contributed by atoms with E-state index in [4.69, 9.17) is 39.8 Å². The highest BCUT2D eigenvalue weighted by atomic mass is 35.5. The molecule has 4 rings (SSSR count). The lowest BCUT2D eigenvalue weighted by Gasteiger charge is -2.36. The van der Waals surface area contributed by atoms with Crippen molar-refractivity contribution in [1.82, 2.24) is 19.4 Å². The smallest absolute Gasteiger partial charge is 0.245 e. The summed E-state index contributed by atoms with van der Waals surface area (Å²) in [5, 5.41) is 1.59. The summed E-state index contributed by atoms with van der Waals surface area (Å²) < 4.78 is 2.07. The lowest BCUT2D eigenvalue weighted by Crippen LogP contribution is -2.50. The van der Waals surface area contributed by atoms with E-state index in [-0.39, 0.29) is 11.9 Å². The van der Waals surface area contributed by atoms with Crippen LogP contribution in [0, 0.1) is 0 Å². The number of amides is 1. The van der Waals surface area contributed by atoms with Crippen LogP contribution < -0.4 is 0 Å². The predicted octanol–water partition coefficient (Wildman–Crippen LogP) is 6.09. The molecule has 1 aliphatic rings. The van der Waals surface area contributed by atoms with E-state index in [1.165, 1.54) is 0 Å². The number of aromatic nitrogens is 2. The number of carbonyl (C=O) groups excluding carboxylic acids is 1. The fraction of sp³-hybridized carbons (Fsp3) is 0.440. The molecule has 8 heteroatoms. The van der Waals surface area contributed by atoms with Crippen LogP contribution in [-0.4, -0.2) is 58.0 Å². The average molecular weight is 508 g/mol. The summed E-state index contributed by atoms with van der Waals surface area (Å²) in [6, 6.07) is 11.0. The summed E-state index contributed by atoms with van der Waals surface area (Å²) >= 11 is 19.2. The average Bonchev–Trinajstić information content (AvgIpc) is 3.15. The van der Waals surface area contributed by atoms with Crippen molar-refractivity contribution in [3.8, 4) is 0 Å². The number of fused-ring (bicyclic) bond motifs is 1. The van der Waals surface area contributed by atoms with E-state index in [2.05, 4.69) is 23.3 Å². The molecule has 1 fully saturated rings. The number of carbonyl (C=O) groups is 1. The highest BCUT2D eigenvalue weighted by Gasteiger charge is 2.31. The molecule has 0 N–H and O–H groups in total. The largest absolute Gasteiger partial charge is 0.338 e. The van der Waals surface area contributed by atoms with Gasteiger partial charge in [0.25, 0.3) is 0 Å². The Hall–Kier alpha value is -1.79. The minimum absolute atomic E-state index is 0.137. The fourth-order valence-electron chi connectivity index (χ4n) is 4.56. The molecule has 0 spiro atoms. The van der Waals surface area contributed by atoms with E-state index in [0.29, 0.717) is 27.9 Å². The maximum absolute atomic E-state index is 13.8. The molecule has 3 aromatic rings. The van der Waals surface area contributed by atoms with Gasteiger partial charge in [0.2, 0.25) is 5.91 Å². The zero-order valence-electron chi connectivity index (χ0n) is 19.0. The molecule has 2 heterocycles. The first-order chi connectivity index (χ1) is 15.9. The van der Waals surface area contributed by atoms with Gasteiger partial charge in [0, 0.05) is 37.6 Å². The van der Waals surface area contributed by atoms with Crippen LogP contribution in [0.5, 0.6) is 0 Å². The lowest BCUT2D eigenvalue weighted by molar-refractivity contribution is -0.136. The maximum atomic E-state index is 13.8. The number of benzene rings is 2. The third-order valence-electron chi connectivity index (χ3n) is 6.40. The lowest BCUT2D eigenvalue weighted by atomic mass is 10.1. The van der Waals surface area contributed by atoms with Crippen LogP contribution >= 0.6 is 34.8 Å². The summed E-state index contributed by atoms with van der Waals surface area (Å²) in [6.45, 7) is 8.56. The van der Waals surface area contributed by atoms with Crippen molar-refractivity contribution in [1.29, 1.82) is 0 Å². The molecule has 1 aromatic heterocycles. The number of rotatable bonds is 7. The van der Waals surface area contributed by atoms with Crippen molar-refractivity contribution < 1.29 is 4.79 Å². The summed E-state index contributed by atoms with van der Waals surface area (Å²) in [6.07, 6.45) is 2.10. The van der Waals surface area contributed by atoms with E-state index in [0.717, 1.165) is 61.6 Å². The Kier molecular flexibility index (Phi) is 7.85. The first-order valence-electron chi connectivity index (χ1n) is 11.5. The van der Waals surface area contributed by atoms with Crippen LogP contribution in [0.2, 0.25) is 15.1 Å². The molecule has 0 unspecified atom stereocenters. The number of nitrogens with zero attached hydrogens (tertiary/aromatic N) is 4. The number of hydrogen-bond acceptors (Lipinski definition) is 3. The van der Waals surface area contributed by atoms with Gasteiger partial charge in [-0.15, -0.1) is 0 Å². The minimum Gasteiger partial charge on any atom is -0.338 e. The van der Waals surface area contributed by atoms with Crippen molar-refractivity contribution in [3.05, 3.63) is 62.9 Å². The molecule has 0 bridgehead atoms. The molecule has 0 saturated carbocycles. The Labute approximate surface area is 210 Å². The standard InChI is InChI=1S/C25H29Cl3N4O/c1-3-7-22(25(33)31-12-10-30(4-2)11-13-31)32-23-16-20(28)19(27)15-21(23)29-24(32)14-17-8-5-6-9-18(17)26/h5-6,8-9,15-16,22H,3-4,7,10-14H2,1-2H3/t22-/m1/s1. The maximum Gasteiger partial charge on any atom is 0.245 e. The van der Waals surface area contributed by atoms with Crippen LogP contribution in [0.3, 0.4) is 0 Å². The van der Waals surface area contributed by atoms with Gasteiger partial charge in [-0.25, -0.2) is 4.98 Å². The number of piperazine rings is 1. The zero-order chi connectivity index (χ0) is 23.5. The van der Waals surface area contributed by atoms with Gasteiger partial charge in [0.1, 0.15) is 11.9 Å². The molecule has 1 aliphatic heterocycles. The summed E-state index contributed by atoms with van der Waals surface area (Å²) in [4.78, 5) is 23.1. The van der Waals surface area contributed by atoms with Crippen LogP contribution in [0.1, 0.15) is 44.1 Å². The monoisotopic (exact) mass is 506 g/mol. The Morgan fingerprint density at radius 2 is 1.70 bits per heavy atom. The predicted molar refractivity (Wildman–Crippen MR) is 137 cm³/mol. The van der Waals surface area contributed by atoms with Crippen molar-refractivity contribution >= 4 is 51.7 Å². The summed E-state index contributed by atoms with van der Waals surface area (Å²) in [5.41, 5.74) is 2.52. The van der Waals surface area contributed by atoms with Gasteiger partial charge < -0.3 is 14.4 Å². The Balaban J connectivity index is 1.78. The number of hydrogen-bond donors (Lipinski definition) is 0. The molecule has 1 amide bonds. The topological polar surface area (TPSA) is 41.4 Å². The normalized spacial score (nSPS) is 15.8. The zero-order valence-corrected chi connectivity index (χ0v) is 21.3. The Morgan fingerprint density at radius 1 is 1.00 bits per heavy atom. The Morgan fingerprint density at radius 3 is 2.36 bits per heavy atom. The van der Waals surface area contributed by atoms with Crippen molar-refractivity contribution in [2.45, 2.75) is 39.2 Å². The van der Waals surface area contributed by atoms with Crippen LogP contribution in [0.15, 0.2) is 36.4 Å². The van der Waals surface area contributed by atoms with Gasteiger partial charge in [-0.1, -0.05) is 73.3 Å². The Bertz CT molecular complexity index is 1140. The minimum atomic E-state index is -0.358. The molecule has 1 saturated heterocycles. The summed E-state index contributed by atoms with van der Waals surface area (Å²) in [5.74, 6) is 0.925. The van der Waals surface area contributed by atoms with Crippen molar-refractivity contribution in [2.24, 2.45) is 0 Å². The molecule has 0 radical (unpaired) electrons. The SMILES string of the molecule is CCC[C@H](C(=O)N1CCN(CC)CC1)n1c(Cc2ccccc2Cl)nc2cc(Cl)c(Cl)cc21. The van der Waals surface area contributed by atoms with E-state index < -0.39 is 0 Å². The van der Waals surface area contributed by atoms with Crippen molar-refractivity contribution in [3.63, 3.8) is 0 Å². The van der Waals surface area contributed by atoms with Crippen LogP contribution in [0.25, 0.3) is 11.0 Å². The van der Waals surface area contributed by atoms with Crippen LogP contribution in [-0.2, 0) is 11.2 Å². The first-order valence-corrected chi connectivity index (χ1v) is 12.7.